The van der Waals surface area contributed by atoms with E-state index in [0.29, 0.717) is 0 Å². The number of hydrogen-bond acceptors (Lipinski definition) is 3. The van der Waals surface area contributed by atoms with Crippen molar-refractivity contribution in [3.63, 3.8) is 0 Å². The highest BCUT2D eigenvalue weighted by Gasteiger charge is 2.29. The second-order valence-electron chi connectivity index (χ2n) is 6.91. The summed E-state index contributed by atoms with van der Waals surface area (Å²) in [6.07, 6.45) is 5.79. The molecular formula is C20H23N5O. The molecule has 0 bridgehead atoms. The molecule has 1 fully saturated rings. The molecule has 0 saturated carbocycles. The first-order chi connectivity index (χ1) is 12.6. The van der Waals surface area contributed by atoms with Gasteiger partial charge in [-0.05, 0) is 63.1 Å². The summed E-state index contributed by atoms with van der Waals surface area (Å²) in [6.45, 7) is 5.57. The molecule has 0 aliphatic carbocycles. The lowest BCUT2D eigenvalue weighted by molar-refractivity contribution is 0.0721. The van der Waals surface area contributed by atoms with Gasteiger partial charge in [0.25, 0.3) is 5.91 Å². The number of carbonyl (C=O) groups excluding carboxylic acids is 1. The van der Waals surface area contributed by atoms with Crippen LogP contribution in [0.4, 0.5) is 0 Å². The third kappa shape index (κ3) is 3.14. The van der Waals surface area contributed by atoms with E-state index in [-0.39, 0.29) is 11.9 Å². The van der Waals surface area contributed by atoms with Crippen LogP contribution < -0.4 is 0 Å². The second-order valence-corrected chi connectivity index (χ2v) is 6.91. The molecule has 1 aliphatic heterocycles. The Morgan fingerprint density at radius 2 is 2.04 bits per heavy atom. The summed E-state index contributed by atoms with van der Waals surface area (Å²) in [5.74, 6) is 0.0968. The summed E-state index contributed by atoms with van der Waals surface area (Å²) in [4.78, 5) is 15.0. The normalized spacial score (nSPS) is 17.0. The van der Waals surface area contributed by atoms with Crippen molar-refractivity contribution >= 4 is 5.91 Å². The minimum Gasteiger partial charge on any atom is -0.334 e. The Morgan fingerprint density at radius 3 is 2.69 bits per heavy atom. The zero-order valence-electron chi connectivity index (χ0n) is 15.2. The monoisotopic (exact) mass is 349 g/mol. The van der Waals surface area contributed by atoms with Crippen molar-refractivity contribution in [3.05, 3.63) is 65.7 Å². The molecule has 1 amide bonds. The molecule has 1 aromatic carbocycles. The van der Waals surface area contributed by atoms with Crippen LogP contribution in [0.1, 0.15) is 34.6 Å². The Balaban J connectivity index is 1.51. The lowest BCUT2D eigenvalue weighted by atomic mass is 10.1. The molecule has 134 valence electrons. The first-order valence-electron chi connectivity index (χ1n) is 9.04. The predicted octanol–water partition coefficient (Wildman–Crippen LogP) is 2.99. The highest BCUT2D eigenvalue weighted by Crippen LogP contribution is 2.22. The number of rotatable bonds is 4. The molecule has 1 aliphatic rings. The first kappa shape index (κ1) is 16.6. The Bertz CT molecular complexity index is 895. The van der Waals surface area contributed by atoms with Crippen LogP contribution in [-0.4, -0.2) is 43.0 Å². The van der Waals surface area contributed by atoms with Crippen LogP contribution in [0.2, 0.25) is 0 Å². The van der Waals surface area contributed by atoms with Gasteiger partial charge in [0.2, 0.25) is 0 Å². The third-order valence-corrected chi connectivity index (χ3v) is 4.96. The molecule has 3 heterocycles. The van der Waals surface area contributed by atoms with Crippen LogP contribution in [-0.2, 0) is 6.54 Å². The first-order valence-corrected chi connectivity index (χ1v) is 9.04. The smallest absolute Gasteiger partial charge is 0.254 e. The van der Waals surface area contributed by atoms with Crippen molar-refractivity contribution in [2.24, 2.45) is 0 Å². The number of benzene rings is 1. The zero-order chi connectivity index (χ0) is 18.1. The number of aromatic nitrogens is 4. The zero-order valence-corrected chi connectivity index (χ0v) is 15.2. The molecule has 1 saturated heterocycles. The van der Waals surface area contributed by atoms with E-state index < -0.39 is 0 Å². The van der Waals surface area contributed by atoms with Gasteiger partial charge in [0.15, 0.2) is 0 Å². The van der Waals surface area contributed by atoms with E-state index in [2.05, 4.69) is 10.2 Å². The summed E-state index contributed by atoms with van der Waals surface area (Å²) in [5.41, 5.74) is 3.77. The molecule has 0 spiro atoms. The SMILES string of the molecule is Cc1cc(C)n(-c2ccc(C(=O)N3CCCC3Cn3cccn3)cc2)n1. The lowest BCUT2D eigenvalue weighted by Crippen LogP contribution is -2.38. The Hall–Kier alpha value is -2.89. The van der Waals surface area contributed by atoms with Gasteiger partial charge in [0.1, 0.15) is 0 Å². The largest absolute Gasteiger partial charge is 0.334 e. The number of carbonyl (C=O) groups is 1. The van der Waals surface area contributed by atoms with Gasteiger partial charge in [0, 0.05) is 30.2 Å². The van der Waals surface area contributed by atoms with Crippen molar-refractivity contribution in [2.75, 3.05) is 6.54 Å². The fourth-order valence-corrected chi connectivity index (χ4v) is 3.72. The van der Waals surface area contributed by atoms with E-state index in [1.54, 1.807) is 6.20 Å². The summed E-state index contributed by atoms with van der Waals surface area (Å²) in [5, 5.41) is 8.77. The Kier molecular flexibility index (Phi) is 4.32. The predicted molar refractivity (Wildman–Crippen MR) is 99.3 cm³/mol. The second kappa shape index (κ2) is 6.78. The molecule has 6 nitrogen and oxygen atoms in total. The summed E-state index contributed by atoms with van der Waals surface area (Å²) >= 11 is 0. The molecule has 1 atom stereocenters. The van der Waals surface area contributed by atoms with E-state index in [4.69, 9.17) is 0 Å². The van der Waals surface area contributed by atoms with Gasteiger partial charge in [-0.2, -0.15) is 10.2 Å². The Morgan fingerprint density at radius 1 is 1.23 bits per heavy atom. The standard InChI is InChI=1S/C20H23N5O/c1-15-13-16(2)25(22-15)18-8-6-17(7-9-18)20(26)24-12-3-5-19(24)14-23-11-4-10-21-23/h4,6-11,13,19H,3,5,12,14H2,1-2H3. The van der Waals surface area contributed by atoms with Crippen LogP contribution in [0.15, 0.2) is 48.8 Å². The number of hydrogen-bond donors (Lipinski definition) is 0. The van der Waals surface area contributed by atoms with E-state index in [1.165, 1.54) is 0 Å². The van der Waals surface area contributed by atoms with E-state index in [1.807, 2.05) is 70.7 Å². The van der Waals surface area contributed by atoms with Crippen LogP contribution in [0.3, 0.4) is 0 Å². The molecule has 6 heteroatoms. The van der Waals surface area contributed by atoms with Crippen LogP contribution >= 0.6 is 0 Å². The maximum Gasteiger partial charge on any atom is 0.254 e. The highest BCUT2D eigenvalue weighted by molar-refractivity contribution is 5.94. The van der Waals surface area contributed by atoms with Crippen molar-refractivity contribution in [1.29, 1.82) is 0 Å². The topological polar surface area (TPSA) is 56.0 Å². The van der Waals surface area contributed by atoms with Gasteiger partial charge in [0.05, 0.1) is 24.0 Å². The molecule has 2 aromatic heterocycles. The van der Waals surface area contributed by atoms with Crippen molar-refractivity contribution < 1.29 is 4.79 Å². The third-order valence-electron chi connectivity index (χ3n) is 4.96. The summed E-state index contributed by atoms with van der Waals surface area (Å²) < 4.78 is 3.81. The van der Waals surface area contributed by atoms with Crippen LogP contribution in [0, 0.1) is 13.8 Å². The fourth-order valence-electron chi connectivity index (χ4n) is 3.72. The quantitative estimate of drug-likeness (QED) is 0.728. The summed E-state index contributed by atoms with van der Waals surface area (Å²) in [6, 6.07) is 11.9. The van der Waals surface area contributed by atoms with E-state index >= 15 is 0 Å². The van der Waals surface area contributed by atoms with E-state index in [0.717, 1.165) is 48.6 Å². The summed E-state index contributed by atoms with van der Waals surface area (Å²) in [7, 11) is 0. The molecule has 1 unspecified atom stereocenters. The number of nitrogens with zero attached hydrogens (tertiary/aromatic N) is 5. The van der Waals surface area contributed by atoms with Crippen LogP contribution in [0.5, 0.6) is 0 Å². The average molecular weight is 349 g/mol. The minimum absolute atomic E-state index is 0.0968. The van der Waals surface area contributed by atoms with Gasteiger partial charge < -0.3 is 4.90 Å². The van der Waals surface area contributed by atoms with Crippen LogP contribution in [0.25, 0.3) is 5.69 Å². The number of likely N-dealkylation sites (tertiary alicyclic amines) is 1. The average Bonchev–Trinajstić information content (AvgIpc) is 3.37. The van der Waals surface area contributed by atoms with Gasteiger partial charge in [-0.3, -0.25) is 9.48 Å². The highest BCUT2D eigenvalue weighted by atomic mass is 16.2. The van der Waals surface area contributed by atoms with Crippen molar-refractivity contribution in [3.8, 4) is 5.69 Å². The Labute approximate surface area is 153 Å². The van der Waals surface area contributed by atoms with Crippen molar-refractivity contribution in [2.45, 2.75) is 39.3 Å². The maximum absolute atomic E-state index is 13.0. The molecular weight excluding hydrogens is 326 g/mol. The fraction of sp³-hybridized carbons (Fsp3) is 0.350. The van der Waals surface area contributed by atoms with Gasteiger partial charge in [-0.25, -0.2) is 4.68 Å². The molecule has 3 aromatic rings. The molecule has 0 N–H and O–H groups in total. The van der Waals surface area contributed by atoms with Gasteiger partial charge in [-0.15, -0.1) is 0 Å². The lowest BCUT2D eigenvalue weighted by Gasteiger charge is -2.25. The molecule has 0 radical (unpaired) electrons. The number of aryl methyl sites for hydroxylation is 2. The van der Waals surface area contributed by atoms with Gasteiger partial charge in [-0.1, -0.05) is 0 Å². The van der Waals surface area contributed by atoms with Crippen molar-refractivity contribution in [1.82, 2.24) is 24.5 Å². The number of amides is 1. The minimum atomic E-state index is 0.0968. The van der Waals surface area contributed by atoms with Gasteiger partial charge >= 0.3 is 0 Å². The molecule has 26 heavy (non-hydrogen) atoms. The van der Waals surface area contributed by atoms with E-state index in [9.17, 15) is 4.79 Å². The molecule has 4 rings (SSSR count). The maximum atomic E-state index is 13.0.